The largest absolute Gasteiger partial charge is 0.330 e. The standard InChI is InChI=1S/C29H35FN2/c30-28-17-15-25(16-18-28)21-32(20-24-13-11-23(19-31)12-14-24)22-29(26-7-3-1-4-8-26)27-9-5-2-6-10-27/h1-10,15-18,23-24,29H,11-14,19-22,31H2. The Kier molecular flexibility index (Phi) is 8.08. The molecule has 1 aliphatic rings. The number of hydrogen-bond acceptors (Lipinski definition) is 2. The molecule has 0 aromatic heterocycles. The van der Waals surface area contributed by atoms with Crippen LogP contribution in [0.1, 0.15) is 48.3 Å². The topological polar surface area (TPSA) is 29.3 Å². The molecule has 1 saturated carbocycles. The SMILES string of the molecule is NCC1CCC(CN(Cc2ccc(F)cc2)CC(c2ccccc2)c2ccccc2)CC1. The molecule has 0 saturated heterocycles. The maximum Gasteiger partial charge on any atom is 0.123 e. The van der Waals surface area contributed by atoms with Gasteiger partial charge in [0, 0.05) is 25.6 Å². The highest BCUT2D eigenvalue weighted by Gasteiger charge is 2.25. The summed E-state index contributed by atoms with van der Waals surface area (Å²) in [5, 5.41) is 0. The maximum atomic E-state index is 13.5. The van der Waals surface area contributed by atoms with Crippen LogP contribution in [0.4, 0.5) is 4.39 Å². The number of rotatable bonds is 9. The summed E-state index contributed by atoms with van der Waals surface area (Å²) >= 11 is 0. The Morgan fingerprint density at radius 3 is 1.81 bits per heavy atom. The molecule has 1 fully saturated rings. The van der Waals surface area contributed by atoms with Gasteiger partial charge in [-0.2, -0.15) is 0 Å². The van der Waals surface area contributed by atoms with Crippen molar-refractivity contribution in [1.29, 1.82) is 0 Å². The molecule has 0 spiro atoms. The summed E-state index contributed by atoms with van der Waals surface area (Å²) in [5.41, 5.74) is 9.77. The molecule has 3 aromatic carbocycles. The van der Waals surface area contributed by atoms with Gasteiger partial charge in [-0.25, -0.2) is 4.39 Å². The Balaban J connectivity index is 1.56. The molecule has 4 rings (SSSR count). The van der Waals surface area contributed by atoms with E-state index in [2.05, 4.69) is 65.6 Å². The normalized spacial score (nSPS) is 18.9. The summed E-state index contributed by atoms with van der Waals surface area (Å²) in [6.07, 6.45) is 4.99. The van der Waals surface area contributed by atoms with E-state index in [1.165, 1.54) is 42.4 Å². The molecular formula is C29H35FN2. The quantitative estimate of drug-likeness (QED) is 0.436. The van der Waals surface area contributed by atoms with Crippen molar-refractivity contribution >= 4 is 0 Å². The molecule has 0 heterocycles. The van der Waals surface area contributed by atoms with Crippen LogP contribution in [0.2, 0.25) is 0 Å². The van der Waals surface area contributed by atoms with Gasteiger partial charge in [-0.15, -0.1) is 0 Å². The van der Waals surface area contributed by atoms with E-state index in [-0.39, 0.29) is 5.82 Å². The zero-order chi connectivity index (χ0) is 22.2. The number of halogens is 1. The van der Waals surface area contributed by atoms with Gasteiger partial charge in [-0.05, 0) is 72.9 Å². The Morgan fingerprint density at radius 1 is 0.750 bits per heavy atom. The molecule has 0 atom stereocenters. The molecule has 0 unspecified atom stereocenters. The summed E-state index contributed by atoms with van der Waals surface area (Å²) in [6.45, 7) is 3.68. The van der Waals surface area contributed by atoms with Gasteiger partial charge >= 0.3 is 0 Å². The van der Waals surface area contributed by atoms with E-state index in [9.17, 15) is 4.39 Å². The summed E-state index contributed by atoms with van der Waals surface area (Å²) < 4.78 is 13.5. The van der Waals surface area contributed by atoms with Gasteiger partial charge < -0.3 is 5.73 Å². The molecular weight excluding hydrogens is 395 g/mol. The number of nitrogens with zero attached hydrogens (tertiary/aromatic N) is 1. The van der Waals surface area contributed by atoms with Crippen LogP contribution in [-0.2, 0) is 6.54 Å². The van der Waals surface area contributed by atoms with E-state index < -0.39 is 0 Å². The summed E-state index contributed by atoms with van der Waals surface area (Å²) in [5.74, 6) is 1.52. The number of benzene rings is 3. The lowest BCUT2D eigenvalue weighted by Crippen LogP contribution is -2.35. The van der Waals surface area contributed by atoms with Crippen molar-refractivity contribution in [3.05, 3.63) is 107 Å². The van der Waals surface area contributed by atoms with Gasteiger partial charge in [0.15, 0.2) is 0 Å². The third-order valence-electron chi connectivity index (χ3n) is 6.98. The molecule has 0 bridgehead atoms. The second-order valence-corrected chi connectivity index (χ2v) is 9.32. The molecule has 168 valence electrons. The van der Waals surface area contributed by atoms with Crippen molar-refractivity contribution in [3.8, 4) is 0 Å². The average Bonchev–Trinajstić information content (AvgIpc) is 2.85. The van der Waals surface area contributed by atoms with Crippen molar-refractivity contribution < 1.29 is 4.39 Å². The molecule has 0 radical (unpaired) electrons. The zero-order valence-electron chi connectivity index (χ0n) is 18.9. The monoisotopic (exact) mass is 430 g/mol. The lowest BCUT2D eigenvalue weighted by Gasteiger charge is -2.34. The highest BCUT2D eigenvalue weighted by atomic mass is 19.1. The highest BCUT2D eigenvalue weighted by Crippen LogP contribution is 2.31. The summed E-state index contributed by atoms with van der Waals surface area (Å²) in [6, 6.07) is 28.6. The van der Waals surface area contributed by atoms with E-state index >= 15 is 0 Å². The smallest absolute Gasteiger partial charge is 0.123 e. The van der Waals surface area contributed by atoms with Crippen molar-refractivity contribution in [1.82, 2.24) is 4.90 Å². The molecule has 2 nitrogen and oxygen atoms in total. The van der Waals surface area contributed by atoms with Crippen molar-refractivity contribution in [2.75, 3.05) is 19.6 Å². The highest BCUT2D eigenvalue weighted by molar-refractivity contribution is 5.33. The van der Waals surface area contributed by atoms with E-state index in [0.717, 1.165) is 26.2 Å². The lowest BCUT2D eigenvalue weighted by molar-refractivity contribution is 0.172. The fourth-order valence-corrected chi connectivity index (χ4v) is 5.10. The van der Waals surface area contributed by atoms with Crippen LogP contribution in [0.5, 0.6) is 0 Å². The van der Waals surface area contributed by atoms with Gasteiger partial charge in [0.25, 0.3) is 0 Å². The van der Waals surface area contributed by atoms with E-state index in [4.69, 9.17) is 5.73 Å². The predicted octanol–water partition coefficient (Wildman–Crippen LogP) is 6.22. The first-order valence-corrected chi connectivity index (χ1v) is 12.0. The van der Waals surface area contributed by atoms with Gasteiger partial charge in [0.2, 0.25) is 0 Å². The molecule has 32 heavy (non-hydrogen) atoms. The Bertz CT molecular complexity index is 879. The fourth-order valence-electron chi connectivity index (χ4n) is 5.10. The van der Waals surface area contributed by atoms with Crippen LogP contribution < -0.4 is 5.73 Å². The first kappa shape index (κ1) is 22.7. The van der Waals surface area contributed by atoms with Crippen LogP contribution in [0.25, 0.3) is 0 Å². The Morgan fingerprint density at radius 2 is 1.28 bits per heavy atom. The van der Waals surface area contributed by atoms with Crippen LogP contribution in [0, 0.1) is 17.7 Å². The molecule has 3 aromatic rings. The molecule has 1 aliphatic carbocycles. The van der Waals surface area contributed by atoms with Crippen LogP contribution in [0.3, 0.4) is 0 Å². The predicted molar refractivity (Wildman–Crippen MR) is 131 cm³/mol. The first-order chi connectivity index (χ1) is 15.7. The summed E-state index contributed by atoms with van der Waals surface area (Å²) in [7, 11) is 0. The second kappa shape index (κ2) is 11.4. The van der Waals surface area contributed by atoms with Crippen LogP contribution in [-0.4, -0.2) is 24.5 Å². The maximum absolute atomic E-state index is 13.5. The lowest BCUT2D eigenvalue weighted by atomic mass is 9.81. The van der Waals surface area contributed by atoms with E-state index in [0.29, 0.717) is 17.8 Å². The minimum atomic E-state index is -0.174. The first-order valence-electron chi connectivity index (χ1n) is 12.0. The van der Waals surface area contributed by atoms with Crippen LogP contribution >= 0.6 is 0 Å². The zero-order valence-corrected chi connectivity index (χ0v) is 18.9. The van der Waals surface area contributed by atoms with E-state index in [1.807, 2.05) is 12.1 Å². The second-order valence-electron chi connectivity index (χ2n) is 9.32. The third kappa shape index (κ3) is 6.27. The van der Waals surface area contributed by atoms with Crippen LogP contribution in [0.15, 0.2) is 84.9 Å². The third-order valence-corrected chi connectivity index (χ3v) is 6.98. The van der Waals surface area contributed by atoms with Gasteiger partial charge in [-0.1, -0.05) is 72.8 Å². The number of hydrogen-bond donors (Lipinski definition) is 1. The fraction of sp³-hybridized carbons (Fsp3) is 0.379. The molecule has 2 N–H and O–H groups in total. The molecule has 0 aliphatic heterocycles. The van der Waals surface area contributed by atoms with Gasteiger partial charge in [-0.3, -0.25) is 4.90 Å². The Labute approximate surface area is 192 Å². The minimum Gasteiger partial charge on any atom is -0.330 e. The van der Waals surface area contributed by atoms with Gasteiger partial charge in [0.05, 0.1) is 0 Å². The van der Waals surface area contributed by atoms with E-state index in [1.54, 1.807) is 12.1 Å². The Hall–Kier alpha value is -2.49. The van der Waals surface area contributed by atoms with Crippen molar-refractivity contribution in [3.63, 3.8) is 0 Å². The summed E-state index contributed by atoms with van der Waals surface area (Å²) in [4.78, 5) is 2.59. The average molecular weight is 431 g/mol. The van der Waals surface area contributed by atoms with Crippen molar-refractivity contribution in [2.24, 2.45) is 17.6 Å². The minimum absolute atomic E-state index is 0.174. The van der Waals surface area contributed by atoms with Gasteiger partial charge in [0.1, 0.15) is 5.82 Å². The molecule has 0 amide bonds. The van der Waals surface area contributed by atoms with Crippen molar-refractivity contribution in [2.45, 2.75) is 38.1 Å². The number of nitrogens with two attached hydrogens (primary N) is 1. The molecule has 3 heteroatoms.